The van der Waals surface area contributed by atoms with Gasteiger partial charge in [0.15, 0.2) is 0 Å². The quantitative estimate of drug-likeness (QED) is 0.201. The second-order valence-electron chi connectivity index (χ2n) is 7.90. The Morgan fingerprint density at radius 3 is 2.47 bits per heavy atom. The van der Waals surface area contributed by atoms with Crippen LogP contribution in [0.4, 0.5) is 10.5 Å². The van der Waals surface area contributed by atoms with Gasteiger partial charge in [-0.25, -0.2) is 0 Å². The first kappa shape index (κ1) is 21.7. The molecule has 7 nitrogen and oxygen atoms in total. The van der Waals surface area contributed by atoms with Crippen molar-refractivity contribution >= 4 is 45.4 Å². The maximum Gasteiger partial charge on any atom is 0.293 e. The third-order valence-electron chi connectivity index (χ3n) is 5.70. The SMILES string of the molecule is O=C1S/C(=C\c2cccn2Cc2ccccc2[N+](=O)[O-])C(=O)N1Cc1ccc2ccccc2c1. The molecule has 3 aromatic carbocycles. The summed E-state index contributed by atoms with van der Waals surface area (Å²) in [6.45, 7) is 0.473. The minimum atomic E-state index is -0.406. The maximum atomic E-state index is 13.0. The average molecular weight is 470 g/mol. The number of fused-ring (bicyclic) bond motifs is 1. The van der Waals surface area contributed by atoms with E-state index in [4.69, 9.17) is 0 Å². The van der Waals surface area contributed by atoms with Crippen LogP contribution in [0.1, 0.15) is 16.8 Å². The van der Waals surface area contributed by atoms with Gasteiger partial charge >= 0.3 is 0 Å². The molecular weight excluding hydrogens is 450 g/mol. The number of amides is 2. The Balaban J connectivity index is 1.37. The number of hydrogen-bond acceptors (Lipinski definition) is 5. The van der Waals surface area contributed by atoms with Gasteiger partial charge in [0.05, 0.1) is 22.9 Å². The third kappa shape index (κ3) is 4.23. The van der Waals surface area contributed by atoms with Crippen molar-refractivity contribution in [1.29, 1.82) is 0 Å². The Labute approximate surface area is 199 Å². The molecule has 5 rings (SSSR count). The lowest BCUT2D eigenvalue weighted by molar-refractivity contribution is -0.385. The fourth-order valence-corrected chi connectivity index (χ4v) is 4.82. The van der Waals surface area contributed by atoms with E-state index >= 15 is 0 Å². The molecule has 1 aliphatic rings. The zero-order chi connectivity index (χ0) is 23.7. The molecule has 0 radical (unpaired) electrons. The zero-order valence-corrected chi connectivity index (χ0v) is 18.8. The molecule has 0 aliphatic carbocycles. The van der Waals surface area contributed by atoms with Crippen molar-refractivity contribution in [2.45, 2.75) is 13.1 Å². The molecule has 1 aromatic heterocycles. The molecule has 2 heterocycles. The van der Waals surface area contributed by atoms with E-state index in [2.05, 4.69) is 0 Å². The minimum Gasteiger partial charge on any atom is -0.343 e. The Bertz CT molecular complexity index is 1470. The van der Waals surface area contributed by atoms with E-state index in [1.54, 1.807) is 36.5 Å². The standard InChI is InChI=1S/C26H19N3O4S/c30-25-24(15-22-9-5-13-27(22)17-21-8-3-4-10-23(21)29(32)33)34-26(31)28(25)16-18-11-12-19-6-1-2-7-20(19)14-18/h1-15H,16-17H2/b24-15-. The fraction of sp³-hybridized carbons (Fsp3) is 0.0769. The van der Waals surface area contributed by atoms with Gasteiger partial charge in [0.1, 0.15) is 0 Å². The first-order chi connectivity index (χ1) is 16.5. The molecule has 2 amide bonds. The molecule has 0 spiro atoms. The van der Waals surface area contributed by atoms with Gasteiger partial charge in [-0.15, -0.1) is 0 Å². The van der Waals surface area contributed by atoms with Crippen LogP contribution >= 0.6 is 11.8 Å². The summed E-state index contributed by atoms with van der Waals surface area (Å²) in [6, 6.07) is 24.0. The Morgan fingerprint density at radius 2 is 1.65 bits per heavy atom. The summed E-state index contributed by atoms with van der Waals surface area (Å²) in [5.74, 6) is -0.346. The summed E-state index contributed by atoms with van der Waals surface area (Å²) in [7, 11) is 0. The Kier molecular flexibility index (Phi) is 5.73. The molecule has 0 bridgehead atoms. The van der Waals surface area contributed by atoms with Crippen LogP contribution in [0.2, 0.25) is 0 Å². The van der Waals surface area contributed by atoms with Gasteiger partial charge in [-0.05, 0) is 52.4 Å². The lowest BCUT2D eigenvalue weighted by Crippen LogP contribution is -2.27. The van der Waals surface area contributed by atoms with Crippen LogP contribution in [0.25, 0.3) is 16.8 Å². The number of benzene rings is 3. The van der Waals surface area contributed by atoms with Crippen LogP contribution < -0.4 is 0 Å². The van der Waals surface area contributed by atoms with Gasteiger partial charge in [0.25, 0.3) is 16.8 Å². The predicted molar refractivity (Wildman–Crippen MR) is 132 cm³/mol. The summed E-state index contributed by atoms with van der Waals surface area (Å²) in [5.41, 5.74) is 2.16. The van der Waals surface area contributed by atoms with Crippen molar-refractivity contribution in [3.05, 3.63) is 117 Å². The second-order valence-corrected chi connectivity index (χ2v) is 8.89. The highest BCUT2D eigenvalue weighted by atomic mass is 32.2. The van der Waals surface area contributed by atoms with Crippen LogP contribution in [0.3, 0.4) is 0 Å². The van der Waals surface area contributed by atoms with Crippen LogP contribution in [0, 0.1) is 10.1 Å². The van der Waals surface area contributed by atoms with Crippen molar-refractivity contribution in [3.63, 3.8) is 0 Å². The number of imide groups is 1. The van der Waals surface area contributed by atoms with Gasteiger partial charge < -0.3 is 4.57 Å². The predicted octanol–water partition coefficient (Wildman–Crippen LogP) is 5.83. The third-order valence-corrected chi connectivity index (χ3v) is 6.61. The molecule has 0 N–H and O–H groups in total. The molecule has 1 fully saturated rings. The highest BCUT2D eigenvalue weighted by molar-refractivity contribution is 8.18. The smallest absolute Gasteiger partial charge is 0.293 e. The van der Waals surface area contributed by atoms with Crippen molar-refractivity contribution in [1.82, 2.24) is 9.47 Å². The number of nitro groups is 1. The number of nitro benzene ring substituents is 1. The fourth-order valence-electron chi connectivity index (χ4n) is 4.00. The van der Waals surface area contributed by atoms with Crippen molar-refractivity contribution in [2.75, 3.05) is 0 Å². The van der Waals surface area contributed by atoms with Crippen molar-refractivity contribution < 1.29 is 14.5 Å². The summed E-state index contributed by atoms with van der Waals surface area (Å²) in [5, 5.41) is 13.2. The molecule has 1 saturated heterocycles. The second kappa shape index (κ2) is 8.99. The monoisotopic (exact) mass is 469 g/mol. The molecule has 0 unspecified atom stereocenters. The van der Waals surface area contributed by atoms with Crippen LogP contribution in [0.15, 0.2) is 90.0 Å². The van der Waals surface area contributed by atoms with Crippen molar-refractivity contribution in [3.8, 4) is 0 Å². The van der Waals surface area contributed by atoms with Crippen LogP contribution in [0.5, 0.6) is 0 Å². The molecule has 168 valence electrons. The number of carbonyl (C=O) groups excluding carboxylic acids is 2. The first-order valence-corrected chi connectivity index (χ1v) is 11.4. The largest absolute Gasteiger partial charge is 0.343 e. The summed E-state index contributed by atoms with van der Waals surface area (Å²) < 4.78 is 1.82. The van der Waals surface area contributed by atoms with E-state index < -0.39 is 4.92 Å². The molecule has 4 aromatic rings. The molecule has 34 heavy (non-hydrogen) atoms. The molecule has 0 saturated carbocycles. The number of para-hydroxylation sites is 1. The Morgan fingerprint density at radius 1 is 0.882 bits per heavy atom. The van der Waals surface area contributed by atoms with Gasteiger partial charge in [0, 0.05) is 23.5 Å². The summed E-state index contributed by atoms with van der Waals surface area (Å²) in [4.78, 5) is 38.2. The van der Waals surface area contributed by atoms with E-state index in [0.717, 1.165) is 28.1 Å². The van der Waals surface area contributed by atoms with Gasteiger partial charge in [-0.2, -0.15) is 0 Å². The van der Waals surface area contributed by atoms with Crippen LogP contribution in [-0.4, -0.2) is 25.5 Å². The first-order valence-electron chi connectivity index (χ1n) is 10.6. The van der Waals surface area contributed by atoms with E-state index in [-0.39, 0.29) is 29.9 Å². The maximum absolute atomic E-state index is 13.0. The highest BCUT2D eigenvalue weighted by Crippen LogP contribution is 2.34. The van der Waals surface area contributed by atoms with Gasteiger partial charge in [-0.3, -0.25) is 24.6 Å². The molecule has 1 aliphatic heterocycles. The zero-order valence-electron chi connectivity index (χ0n) is 18.0. The minimum absolute atomic E-state index is 0.0397. The number of aromatic nitrogens is 1. The highest BCUT2D eigenvalue weighted by Gasteiger charge is 2.35. The number of nitrogens with zero attached hydrogens (tertiary/aromatic N) is 3. The number of thioether (sulfide) groups is 1. The molecular formula is C26H19N3O4S. The summed E-state index contributed by atoms with van der Waals surface area (Å²) >= 11 is 0.903. The Hall–Kier alpha value is -4.17. The number of carbonyl (C=O) groups is 2. The normalized spacial score (nSPS) is 14.9. The lowest BCUT2D eigenvalue weighted by atomic mass is 10.1. The topological polar surface area (TPSA) is 85.5 Å². The van der Waals surface area contributed by atoms with E-state index in [9.17, 15) is 19.7 Å². The van der Waals surface area contributed by atoms with E-state index in [0.29, 0.717) is 16.2 Å². The molecule has 0 atom stereocenters. The summed E-state index contributed by atoms with van der Waals surface area (Å²) in [6.07, 6.45) is 3.46. The number of hydrogen-bond donors (Lipinski definition) is 0. The van der Waals surface area contributed by atoms with E-state index in [1.807, 2.05) is 53.1 Å². The van der Waals surface area contributed by atoms with Gasteiger partial charge in [0.2, 0.25) is 0 Å². The van der Waals surface area contributed by atoms with Crippen molar-refractivity contribution in [2.24, 2.45) is 0 Å². The average Bonchev–Trinajstić information content (AvgIpc) is 3.38. The number of rotatable bonds is 6. The van der Waals surface area contributed by atoms with E-state index in [1.165, 1.54) is 11.0 Å². The molecule has 8 heteroatoms. The lowest BCUT2D eigenvalue weighted by Gasteiger charge is -2.13. The van der Waals surface area contributed by atoms with Crippen LogP contribution in [-0.2, 0) is 17.9 Å². The van der Waals surface area contributed by atoms with Gasteiger partial charge in [-0.1, -0.05) is 54.6 Å².